The van der Waals surface area contributed by atoms with Crippen LogP contribution in [0.1, 0.15) is 38.5 Å². The first-order valence-corrected chi connectivity index (χ1v) is 13.6. The van der Waals surface area contributed by atoms with Gasteiger partial charge in [0.15, 0.2) is 0 Å². The second-order valence-corrected chi connectivity index (χ2v) is 10.3. The number of urea groups is 2. The summed E-state index contributed by atoms with van der Waals surface area (Å²) in [6, 6.07) is 5.94. The summed E-state index contributed by atoms with van der Waals surface area (Å²) in [5.74, 6) is 0.989. The second kappa shape index (κ2) is 12.1. The van der Waals surface area contributed by atoms with Crippen LogP contribution >= 0.6 is 0 Å². The molecule has 0 spiro atoms. The molecule has 2 aromatic heterocycles. The van der Waals surface area contributed by atoms with E-state index in [1.165, 1.54) is 10.9 Å². The molecular formula is C26H37N9O3. The third kappa shape index (κ3) is 6.53. The monoisotopic (exact) mass is 523 g/mol. The first-order chi connectivity index (χ1) is 18.5. The standard InChI is InChI=1S/C26H37N9O3/c36-24(29-20-4-12-32(13-5-20)23-3-1-2-10-28-23)33-14-6-21(7-15-33)30-25(37)34-16-8-22(9-17-34)31-26(38)35-18-11-27-19-35/h1-3,10-11,18-22H,4-9,12-17H2,(H,29,36)(H,30,37)(H,31,38). The Labute approximate surface area is 222 Å². The van der Waals surface area contributed by atoms with E-state index in [1.54, 1.807) is 12.4 Å². The van der Waals surface area contributed by atoms with Crippen molar-refractivity contribution in [1.82, 2.24) is 40.3 Å². The Balaban J connectivity index is 0.973. The van der Waals surface area contributed by atoms with Gasteiger partial charge in [-0.25, -0.2) is 24.4 Å². The van der Waals surface area contributed by atoms with Crippen LogP contribution in [0.2, 0.25) is 0 Å². The summed E-state index contributed by atoms with van der Waals surface area (Å²) in [7, 11) is 0. The van der Waals surface area contributed by atoms with E-state index in [1.807, 2.05) is 34.2 Å². The molecule has 3 N–H and O–H groups in total. The lowest BCUT2D eigenvalue weighted by Gasteiger charge is -2.37. The van der Waals surface area contributed by atoms with E-state index in [0.29, 0.717) is 39.0 Å². The van der Waals surface area contributed by atoms with Gasteiger partial charge in [-0.2, -0.15) is 0 Å². The molecule has 0 bridgehead atoms. The third-order valence-electron chi connectivity index (χ3n) is 7.75. The highest BCUT2D eigenvalue weighted by atomic mass is 16.2. The third-order valence-corrected chi connectivity index (χ3v) is 7.75. The average molecular weight is 524 g/mol. The van der Waals surface area contributed by atoms with Crippen molar-refractivity contribution in [3.8, 4) is 0 Å². The molecule has 0 atom stereocenters. The Bertz CT molecular complexity index is 1060. The number of carbonyl (C=O) groups excluding carboxylic acids is 3. The number of rotatable bonds is 4. The van der Waals surface area contributed by atoms with Gasteiger partial charge in [0, 0.05) is 76.0 Å². The Hall–Kier alpha value is -3.83. The van der Waals surface area contributed by atoms with E-state index in [2.05, 4.69) is 30.8 Å². The van der Waals surface area contributed by atoms with Gasteiger partial charge in [-0.3, -0.25) is 4.57 Å². The summed E-state index contributed by atoms with van der Waals surface area (Å²) >= 11 is 0. The van der Waals surface area contributed by atoms with E-state index >= 15 is 0 Å². The molecule has 0 aromatic carbocycles. The lowest BCUT2D eigenvalue weighted by Crippen LogP contribution is -2.55. The normalized spacial score (nSPS) is 19.7. The van der Waals surface area contributed by atoms with E-state index in [4.69, 9.17) is 0 Å². The van der Waals surface area contributed by atoms with Crippen LogP contribution in [0.25, 0.3) is 0 Å². The first-order valence-electron chi connectivity index (χ1n) is 13.6. The van der Waals surface area contributed by atoms with Gasteiger partial charge in [0.05, 0.1) is 0 Å². The molecule has 0 unspecified atom stereocenters. The van der Waals surface area contributed by atoms with Gasteiger partial charge in [-0.05, 0) is 50.7 Å². The number of nitrogens with one attached hydrogen (secondary N) is 3. The zero-order valence-corrected chi connectivity index (χ0v) is 21.7. The van der Waals surface area contributed by atoms with Crippen molar-refractivity contribution in [2.75, 3.05) is 44.2 Å². The number of aromatic nitrogens is 3. The minimum Gasteiger partial charge on any atom is -0.356 e. The Morgan fingerprint density at radius 1 is 0.684 bits per heavy atom. The van der Waals surface area contributed by atoms with Crippen molar-refractivity contribution in [3.05, 3.63) is 43.1 Å². The van der Waals surface area contributed by atoms with Crippen molar-refractivity contribution in [2.45, 2.75) is 56.7 Å². The molecule has 5 rings (SSSR count). The highest BCUT2D eigenvalue weighted by Crippen LogP contribution is 2.18. The number of anilines is 1. The number of likely N-dealkylation sites (tertiary alicyclic amines) is 2. The minimum absolute atomic E-state index is 0.00845. The van der Waals surface area contributed by atoms with E-state index in [0.717, 1.165) is 44.6 Å². The molecule has 3 aliphatic rings. The number of carbonyl (C=O) groups is 3. The number of piperidine rings is 3. The fourth-order valence-electron chi connectivity index (χ4n) is 5.41. The van der Waals surface area contributed by atoms with Gasteiger partial charge in [-0.1, -0.05) is 6.07 Å². The van der Waals surface area contributed by atoms with E-state index in [9.17, 15) is 14.4 Å². The lowest BCUT2D eigenvalue weighted by molar-refractivity contribution is 0.157. The van der Waals surface area contributed by atoms with Gasteiger partial charge in [-0.15, -0.1) is 0 Å². The maximum absolute atomic E-state index is 12.8. The Kier molecular flexibility index (Phi) is 8.25. The van der Waals surface area contributed by atoms with Crippen LogP contribution in [0.4, 0.5) is 20.2 Å². The van der Waals surface area contributed by atoms with Crippen molar-refractivity contribution >= 4 is 23.9 Å². The SMILES string of the molecule is O=C(NC1CCN(c2ccccn2)CC1)N1CCC(NC(=O)N2CCC(NC(=O)n3ccnc3)CC2)CC1. The van der Waals surface area contributed by atoms with Crippen LogP contribution < -0.4 is 20.9 Å². The summed E-state index contributed by atoms with van der Waals surface area (Å²) in [5.41, 5.74) is 0. The minimum atomic E-state index is -0.198. The predicted octanol–water partition coefficient (Wildman–Crippen LogP) is 1.85. The molecule has 3 aliphatic heterocycles. The zero-order chi connectivity index (χ0) is 26.3. The summed E-state index contributed by atoms with van der Waals surface area (Å²) in [6.07, 6.45) is 11.2. The fourth-order valence-corrected chi connectivity index (χ4v) is 5.41. The molecule has 3 fully saturated rings. The molecule has 5 heterocycles. The van der Waals surface area contributed by atoms with Crippen LogP contribution in [0, 0.1) is 0 Å². The zero-order valence-electron chi connectivity index (χ0n) is 21.7. The number of hydrogen-bond acceptors (Lipinski definition) is 6. The number of imidazole rings is 1. The maximum Gasteiger partial charge on any atom is 0.327 e. The van der Waals surface area contributed by atoms with Crippen molar-refractivity contribution in [2.24, 2.45) is 0 Å². The summed E-state index contributed by atoms with van der Waals surface area (Å²) in [5, 5.41) is 9.34. The molecule has 0 saturated carbocycles. The van der Waals surface area contributed by atoms with Crippen molar-refractivity contribution in [3.63, 3.8) is 0 Å². The summed E-state index contributed by atoms with van der Waals surface area (Å²) in [6.45, 7) is 4.22. The highest BCUT2D eigenvalue weighted by molar-refractivity contribution is 5.77. The molecule has 2 aromatic rings. The Morgan fingerprint density at radius 3 is 1.68 bits per heavy atom. The number of hydrogen-bond donors (Lipinski definition) is 3. The molecule has 3 saturated heterocycles. The van der Waals surface area contributed by atoms with Crippen LogP contribution in [0.15, 0.2) is 43.1 Å². The molecule has 12 heteroatoms. The van der Waals surface area contributed by atoms with Gasteiger partial charge < -0.3 is 30.7 Å². The van der Waals surface area contributed by atoms with Gasteiger partial charge >= 0.3 is 18.1 Å². The van der Waals surface area contributed by atoms with Crippen molar-refractivity contribution in [1.29, 1.82) is 0 Å². The Morgan fingerprint density at radius 2 is 1.21 bits per heavy atom. The van der Waals surface area contributed by atoms with E-state index in [-0.39, 0.29) is 36.2 Å². The van der Waals surface area contributed by atoms with Crippen molar-refractivity contribution < 1.29 is 14.4 Å². The van der Waals surface area contributed by atoms with Gasteiger partial charge in [0.2, 0.25) is 0 Å². The molecule has 38 heavy (non-hydrogen) atoms. The smallest absolute Gasteiger partial charge is 0.327 e. The van der Waals surface area contributed by atoms with Crippen LogP contribution in [0.3, 0.4) is 0 Å². The molecule has 0 aliphatic carbocycles. The maximum atomic E-state index is 12.8. The quantitative estimate of drug-likeness (QED) is 0.561. The fraction of sp³-hybridized carbons (Fsp3) is 0.577. The van der Waals surface area contributed by atoms with Gasteiger partial charge in [0.1, 0.15) is 12.1 Å². The van der Waals surface area contributed by atoms with Crippen LogP contribution in [-0.2, 0) is 0 Å². The molecule has 204 valence electrons. The lowest BCUT2D eigenvalue weighted by atomic mass is 10.0. The van der Waals surface area contributed by atoms with Crippen LogP contribution in [0.5, 0.6) is 0 Å². The average Bonchev–Trinajstić information content (AvgIpc) is 3.50. The molecule has 5 amide bonds. The summed E-state index contributed by atoms with van der Waals surface area (Å²) < 4.78 is 1.41. The van der Waals surface area contributed by atoms with Gasteiger partial charge in [0.25, 0.3) is 0 Å². The number of nitrogens with zero attached hydrogens (tertiary/aromatic N) is 6. The second-order valence-electron chi connectivity index (χ2n) is 10.3. The largest absolute Gasteiger partial charge is 0.356 e. The van der Waals surface area contributed by atoms with E-state index < -0.39 is 0 Å². The first kappa shape index (κ1) is 25.8. The molecule has 0 radical (unpaired) electrons. The number of pyridine rings is 1. The van der Waals surface area contributed by atoms with Crippen LogP contribution in [-0.4, -0.2) is 99.8 Å². The molecular weight excluding hydrogens is 486 g/mol. The summed E-state index contributed by atoms with van der Waals surface area (Å²) in [4.78, 5) is 52.1. The molecule has 12 nitrogen and oxygen atoms in total. The predicted molar refractivity (Wildman–Crippen MR) is 142 cm³/mol. The topological polar surface area (TPSA) is 128 Å². The highest BCUT2D eigenvalue weighted by Gasteiger charge is 2.29. The number of amides is 5.